The van der Waals surface area contributed by atoms with E-state index >= 15 is 0 Å². The van der Waals surface area contributed by atoms with E-state index in [4.69, 9.17) is 4.74 Å². The zero-order valence-electron chi connectivity index (χ0n) is 17.1. The Morgan fingerprint density at radius 1 is 1.07 bits per heavy atom. The number of ether oxygens (including phenoxy) is 1. The zero-order valence-corrected chi connectivity index (χ0v) is 18.0. The molecule has 1 aliphatic heterocycles. The summed E-state index contributed by atoms with van der Waals surface area (Å²) in [4.78, 5) is 14.8. The van der Waals surface area contributed by atoms with Crippen molar-refractivity contribution in [1.29, 1.82) is 0 Å². The second kappa shape index (κ2) is 8.97. The van der Waals surface area contributed by atoms with Gasteiger partial charge in [0.25, 0.3) is 5.91 Å². The molecule has 0 spiro atoms. The first-order chi connectivity index (χ1) is 13.8. The fourth-order valence-electron chi connectivity index (χ4n) is 3.51. The predicted molar refractivity (Wildman–Crippen MR) is 113 cm³/mol. The first-order valence-electron chi connectivity index (χ1n) is 9.88. The van der Waals surface area contributed by atoms with Crippen molar-refractivity contribution in [3.05, 3.63) is 59.2 Å². The fourth-order valence-corrected chi connectivity index (χ4v) is 4.77. The van der Waals surface area contributed by atoms with Crippen LogP contribution in [0.2, 0.25) is 0 Å². The molecule has 7 heteroatoms. The van der Waals surface area contributed by atoms with Gasteiger partial charge in [-0.2, -0.15) is 0 Å². The average molecular weight is 417 g/mol. The van der Waals surface area contributed by atoms with Crippen LogP contribution < -0.4 is 9.46 Å². The molecule has 6 nitrogen and oxygen atoms in total. The molecule has 156 valence electrons. The van der Waals surface area contributed by atoms with Crippen LogP contribution in [0.4, 0.5) is 0 Å². The Hall–Kier alpha value is -2.38. The molecular weight excluding hydrogens is 388 g/mol. The van der Waals surface area contributed by atoms with Gasteiger partial charge in [-0.1, -0.05) is 29.8 Å². The van der Waals surface area contributed by atoms with E-state index in [1.54, 1.807) is 17.9 Å². The number of nitrogens with zero attached hydrogens (tertiary/aromatic N) is 1. The molecule has 0 saturated carbocycles. The fraction of sp³-hybridized carbons (Fsp3) is 0.409. The van der Waals surface area contributed by atoms with Gasteiger partial charge < -0.3 is 9.64 Å². The summed E-state index contributed by atoms with van der Waals surface area (Å²) in [5, 5.41) is 0. The third kappa shape index (κ3) is 4.97. The number of methoxy groups -OCH3 is 1. The lowest BCUT2D eigenvalue weighted by atomic mass is 10.1. The number of aryl methyl sites for hydroxylation is 1. The standard InChI is InChI=1S/C22H28N2O4S/c1-16-7-9-18(10-8-16)17(2)23-29(26,27)19-11-12-21(28-3)20(15-19)22(25)24-13-5-4-6-14-24/h7-12,15,17,23H,4-6,13-14H2,1-3H3. The van der Waals surface area contributed by atoms with Crippen molar-refractivity contribution in [3.63, 3.8) is 0 Å². The number of benzene rings is 2. The molecular formula is C22H28N2O4S. The Balaban J connectivity index is 1.86. The van der Waals surface area contributed by atoms with E-state index < -0.39 is 16.1 Å². The third-order valence-corrected chi connectivity index (χ3v) is 6.80. The zero-order chi connectivity index (χ0) is 21.0. The second-order valence-electron chi connectivity index (χ2n) is 7.47. The largest absolute Gasteiger partial charge is 0.496 e. The van der Waals surface area contributed by atoms with Crippen LogP contribution in [0.1, 0.15) is 53.7 Å². The SMILES string of the molecule is COc1ccc(S(=O)(=O)NC(C)c2ccc(C)cc2)cc1C(=O)N1CCCCC1. The number of carbonyl (C=O) groups is 1. The summed E-state index contributed by atoms with van der Waals surface area (Å²) in [7, 11) is -2.33. The highest BCUT2D eigenvalue weighted by Crippen LogP contribution is 2.26. The molecule has 0 aromatic heterocycles. The minimum absolute atomic E-state index is 0.0534. The van der Waals surface area contributed by atoms with E-state index in [2.05, 4.69) is 4.72 Å². The van der Waals surface area contributed by atoms with Crippen LogP contribution in [0.15, 0.2) is 47.4 Å². The van der Waals surface area contributed by atoms with Gasteiger partial charge in [-0.25, -0.2) is 13.1 Å². The van der Waals surface area contributed by atoms with Gasteiger partial charge in [0.2, 0.25) is 10.0 Å². The highest BCUT2D eigenvalue weighted by atomic mass is 32.2. The van der Waals surface area contributed by atoms with Crippen LogP contribution in [-0.4, -0.2) is 39.4 Å². The number of amides is 1. The molecule has 1 fully saturated rings. The normalized spacial score (nSPS) is 15.8. The monoisotopic (exact) mass is 416 g/mol. The first-order valence-corrected chi connectivity index (χ1v) is 11.4. The van der Waals surface area contributed by atoms with Crippen molar-refractivity contribution in [2.45, 2.75) is 44.0 Å². The molecule has 0 aliphatic carbocycles. The van der Waals surface area contributed by atoms with Crippen molar-refractivity contribution in [3.8, 4) is 5.75 Å². The van der Waals surface area contributed by atoms with Crippen molar-refractivity contribution in [2.75, 3.05) is 20.2 Å². The van der Waals surface area contributed by atoms with Gasteiger partial charge in [0.05, 0.1) is 17.6 Å². The third-order valence-electron chi connectivity index (χ3n) is 5.26. The van der Waals surface area contributed by atoms with Gasteiger partial charge in [0.15, 0.2) is 0 Å². The maximum absolute atomic E-state index is 13.0. The highest BCUT2D eigenvalue weighted by molar-refractivity contribution is 7.89. The summed E-state index contributed by atoms with van der Waals surface area (Å²) >= 11 is 0. The molecule has 1 heterocycles. The number of hydrogen-bond acceptors (Lipinski definition) is 4. The maximum Gasteiger partial charge on any atom is 0.257 e. The van der Waals surface area contributed by atoms with Crippen LogP contribution in [-0.2, 0) is 10.0 Å². The van der Waals surface area contributed by atoms with Crippen molar-refractivity contribution >= 4 is 15.9 Å². The molecule has 29 heavy (non-hydrogen) atoms. The second-order valence-corrected chi connectivity index (χ2v) is 9.18. The van der Waals surface area contributed by atoms with E-state index in [0.717, 1.165) is 30.4 Å². The van der Waals surface area contributed by atoms with Gasteiger partial charge >= 0.3 is 0 Å². The van der Waals surface area contributed by atoms with Crippen molar-refractivity contribution < 1.29 is 17.9 Å². The Kier molecular flexibility index (Phi) is 6.59. The smallest absolute Gasteiger partial charge is 0.257 e. The van der Waals surface area contributed by atoms with Crippen molar-refractivity contribution in [1.82, 2.24) is 9.62 Å². The molecule has 1 aliphatic rings. The average Bonchev–Trinajstić information content (AvgIpc) is 2.73. The molecule has 2 aromatic carbocycles. The number of likely N-dealkylation sites (tertiary alicyclic amines) is 1. The van der Waals surface area contributed by atoms with Gasteiger partial charge in [0, 0.05) is 19.1 Å². The number of rotatable bonds is 6. The highest BCUT2D eigenvalue weighted by Gasteiger charge is 2.25. The van der Waals surface area contributed by atoms with Gasteiger partial charge in [-0.3, -0.25) is 4.79 Å². The summed E-state index contributed by atoms with van der Waals surface area (Å²) in [6.07, 6.45) is 3.03. The van der Waals surface area contributed by atoms with Gasteiger partial charge in [0.1, 0.15) is 5.75 Å². The lowest BCUT2D eigenvalue weighted by Gasteiger charge is -2.27. The van der Waals surface area contributed by atoms with E-state index in [0.29, 0.717) is 18.8 Å². The number of carbonyl (C=O) groups excluding carboxylic acids is 1. The topological polar surface area (TPSA) is 75.7 Å². The van der Waals surface area contributed by atoms with Crippen LogP contribution in [0.5, 0.6) is 5.75 Å². The molecule has 0 bridgehead atoms. The van der Waals surface area contributed by atoms with Gasteiger partial charge in [-0.15, -0.1) is 0 Å². The van der Waals surface area contributed by atoms with E-state index in [1.807, 2.05) is 31.2 Å². The summed E-state index contributed by atoms with van der Waals surface area (Å²) in [6, 6.07) is 11.7. The first kappa shape index (κ1) is 21.3. The Morgan fingerprint density at radius 2 is 1.72 bits per heavy atom. The van der Waals surface area contributed by atoms with E-state index in [-0.39, 0.29) is 16.4 Å². The van der Waals surface area contributed by atoms with Crippen LogP contribution >= 0.6 is 0 Å². The maximum atomic E-state index is 13.0. The molecule has 1 unspecified atom stereocenters. The molecule has 2 aromatic rings. The Labute approximate surface area is 172 Å². The Bertz CT molecular complexity index is 965. The summed E-state index contributed by atoms with van der Waals surface area (Å²) in [6.45, 7) is 5.14. The van der Waals surface area contributed by atoms with Gasteiger partial charge in [-0.05, 0) is 56.9 Å². The summed E-state index contributed by atoms with van der Waals surface area (Å²) in [5.41, 5.74) is 2.26. The van der Waals surface area contributed by atoms with E-state index in [1.165, 1.54) is 19.2 Å². The van der Waals surface area contributed by atoms with Crippen LogP contribution in [0.25, 0.3) is 0 Å². The van der Waals surface area contributed by atoms with Crippen LogP contribution in [0.3, 0.4) is 0 Å². The minimum Gasteiger partial charge on any atom is -0.496 e. The molecule has 1 saturated heterocycles. The summed E-state index contributed by atoms with van der Waals surface area (Å²) in [5.74, 6) is 0.191. The number of sulfonamides is 1. The quantitative estimate of drug-likeness (QED) is 0.780. The molecule has 1 amide bonds. The minimum atomic E-state index is -3.81. The number of piperidine rings is 1. The lowest BCUT2D eigenvalue weighted by Crippen LogP contribution is -2.36. The molecule has 0 radical (unpaired) electrons. The Morgan fingerprint density at radius 3 is 2.34 bits per heavy atom. The number of hydrogen-bond donors (Lipinski definition) is 1. The lowest BCUT2D eigenvalue weighted by molar-refractivity contribution is 0.0720. The predicted octanol–water partition coefficient (Wildman–Crippen LogP) is 3.67. The van der Waals surface area contributed by atoms with Crippen molar-refractivity contribution in [2.24, 2.45) is 0 Å². The molecule has 1 N–H and O–H groups in total. The number of nitrogens with one attached hydrogen (secondary N) is 1. The van der Waals surface area contributed by atoms with E-state index in [9.17, 15) is 13.2 Å². The molecule has 1 atom stereocenters. The van der Waals surface area contributed by atoms with Crippen LogP contribution in [0, 0.1) is 6.92 Å². The molecule has 3 rings (SSSR count). The summed E-state index contributed by atoms with van der Waals surface area (Å²) < 4.78 is 33.9.